The number of hydrogen-bond donors (Lipinski definition) is 0. The number of para-hydroxylation sites is 2. The first-order valence-electron chi connectivity index (χ1n) is 38.2. The van der Waals surface area contributed by atoms with Crippen LogP contribution in [0.2, 0.25) is 0 Å². The summed E-state index contributed by atoms with van der Waals surface area (Å²) in [4.78, 5) is 14.0. The Kier molecular flexibility index (Phi) is 31.2. The molecule has 17 rings (SSSR count). The summed E-state index contributed by atoms with van der Waals surface area (Å²) >= 11 is 0. The minimum atomic E-state index is 0. The number of hydrogen-bond acceptors (Lipinski definition) is 4. The molecule has 0 amide bonds. The quantitative estimate of drug-likeness (QED) is 0.0959. The molecule has 8 nitrogen and oxygen atoms in total. The van der Waals surface area contributed by atoms with Crippen molar-refractivity contribution < 1.29 is 40.2 Å². The maximum atomic E-state index is 5.37. The van der Waals surface area contributed by atoms with Crippen LogP contribution in [0.5, 0.6) is 0 Å². The Morgan fingerprint density at radius 3 is 1.24 bits per heavy atom. The maximum Gasteiger partial charge on any atom is 3.00 e. The molecular formula is C102H114Ir2N8. The van der Waals surface area contributed by atoms with Gasteiger partial charge in [0.05, 0.1) is 11.6 Å². The monoisotopic (exact) mass is 1840 g/mol. The Hall–Kier alpha value is -9.66. The van der Waals surface area contributed by atoms with E-state index in [0.29, 0.717) is 53.3 Å². The molecule has 2 aliphatic carbocycles. The van der Waals surface area contributed by atoms with Crippen LogP contribution in [0.15, 0.2) is 280 Å². The van der Waals surface area contributed by atoms with Gasteiger partial charge >= 0.3 is 40.2 Å². The van der Waals surface area contributed by atoms with Crippen LogP contribution < -0.4 is 9.80 Å². The predicted octanol–water partition coefficient (Wildman–Crippen LogP) is 27.6. The molecule has 0 saturated heterocycles. The fourth-order valence-electron chi connectivity index (χ4n) is 16.1. The summed E-state index contributed by atoms with van der Waals surface area (Å²) < 4.78 is 4.48. The molecule has 0 saturated carbocycles. The maximum absolute atomic E-state index is 5.37. The second-order valence-electron chi connectivity index (χ2n) is 30.7. The minimum Gasteiger partial charge on any atom is -0.671 e. The van der Waals surface area contributed by atoms with Crippen LogP contribution in [-0.4, -0.2) is 31.4 Å². The number of imidazole rings is 2. The summed E-state index contributed by atoms with van der Waals surface area (Å²) in [7, 11) is 0. The van der Waals surface area contributed by atoms with E-state index in [4.69, 9.17) is 5.32 Å². The van der Waals surface area contributed by atoms with Gasteiger partial charge in [-0.1, -0.05) is 240 Å². The molecule has 112 heavy (non-hydrogen) atoms. The van der Waals surface area contributed by atoms with Crippen molar-refractivity contribution in [3.8, 4) is 56.4 Å². The first-order valence-corrected chi connectivity index (χ1v) is 38.2. The van der Waals surface area contributed by atoms with Crippen LogP contribution >= 0.6 is 0 Å². The smallest absolute Gasteiger partial charge is 0.671 e. The molecule has 0 spiro atoms. The van der Waals surface area contributed by atoms with Gasteiger partial charge in [-0.2, -0.15) is 18.4 Å². The van der Waals surface area contributed by atoms with Crippen molar-refractivity contribution >= 4 is 17.1 Å². The molecule has 4 aliphatic heterocycles. The van der Waals surface area contributed by atoms with E-state index in [2.05, 4.69) is 361 Å². The molecule has 6 aliphatic rings. The third kappa shape index (κ3) is 18.7. The Morgan fingerprint density at radius 1 is 0.429 bits per heavy atom. The van der Waals surface area contributed by atoms with Gasteiger partial charge in [0.1, 0.15) is 0 Å². The fraction of sp³-hybridized carbons (Fsp3) is 0.294. The summed E-state index contributed by atoms with van der Waals surface area (Å²) in [5.74, 6) is 6.00. The standard InChI is InChI=1S/C29H32N2.2C27H27N2.C15H12N2.4CH4.2Ir/c1-19(2)16-21-10-9-11-22(17-20(3)4)28(21)26-18-31-27-15-8-7-13-24(27)23-12-5-6-14-25(23)29(31)30-26;2*1-19(2)24-17-23(21-11-7-5-8-12-21)18-25(20(3)4)26(24)29-16-15-28-27(29)22-13-9-6-10-14-22;1-2-7-13-11(5-1)12-6-3-4-8-14(12)17-10-9-16-15(13)17;;;;;;/h5-13,15,18-20,23,25,29H,16-17H2,1-4H3;2*5-13,15-20H,1-4H3;1-6,8-11,13,15H;4*1H4;;/q-2;2*-1;-2;;;;;2*+3. The Morgan fingerprint density at radius 2 is 0.830 bits per heavy atom. The zero-order chi connectivity index (χ0) is 73.5. The first kappa shape index (κ1) is 87.9. The molecule has 0 N–H and O–H groups in total. The topological polar surface area (TPSA) is 70.3 Å². The fourth-order valence-corrected chi connectivity index (χ4v) is 16.1. The zero-order valence-corrected chi connectivity index (χ0v) is 68.9. The Bertz CT molecular complexity index is 4770. The van der Waals surface area contributed by atoms with Crippen LogP contribution in [0.3, 0.4) is 0 Å². The van der Waals surface area contributed by atoms with Crippen molar-refractivity contribution in [1.29, 1.82) is 0 Å². The normalized spacial score (nSPS) is 17.2. The van der Waals surface area contributed by atoms with Gasteiger partial charge in [0.15, 0.2) is 0 Å². The van der Waals surface area contributed by atoms with Crippen molar-refractivity contribution in [2.24, 2.45) is 23.7 Å². The minimum absolute atomic E-state index is 0. The molecule has 6 atom stereocenters. The molecule has 2 aromatic heterocycles. The molecular weight excluding hydrogens is 1720 g/mol. The van der Waals surface area contributed by atoms with Crippen LogP contribution in [0.4, 0.5) is 11.4 Å². The zero-order valence-electron chi connectivity index (χ0n) is 64.1. The molecule has 9 aromatic carbocycles. The number of fused-ring (bicyclic) bond motifs is 12. The van der Waals surface area contributed by atoms with Crippen molar-refractivity contribution in [3.05, 3.63) is 365 Å². The van der Waals surface area contributed by atoms with E-state index >= 15 is 0 Å². The van der Waals surface area contributed by atoms with Gasteiger partial charge < -0.3 is 29.6 Å². The van der Waals surface area contributed by atoms with E-state index in [9.17, 15) is 0 Å². The Labute approximate surface area is 699 Å². The van der Waals surface area contributed by atoms with Gasteiger partial charge in [0, 0.05) is 47.5 Å². The van der Waals surface area contributed by atoms with Gasteiger partial charge in [-0.25, -0.2) is 24.3 Å². The number of nitrogens with zero attached hydrogens (tertiary/aromatic N) is 8. The van der Waals surface area contributed by atoms with Crippen molar-refractivity contribution in [2.75, 3.05) is 9.80 Å². The van der Waals surface area contributed by atoms with Crippen molar-refractivity contribution in [3.63, 3.8) is 0 Å². The first-order chi connectivity index (χ1) is 51.6. The van der Waals surface area contributed by atoms with E-state index < -0.39 is 0 Å². The summed E-state index contributed by atoms with van der Waals surface area (Å²) in [6.45, 7) is 27.3. The molecule has 580 valence electrons. The van der Waals surface area contributed by atoms with E-state index in [-0.39, 0.29) is 88.2 Å². The Balaban J connectivity index is 0.000000187. The van der Waals surface area contributed by atoms with E-state index in [0.717, 1.165) is 41.3 Å². The predicted molar refractivity (Wildman–Crippen MR) is 469 cm³/mol. The second-order valence-corrected chi connectivity index (χ2v) is 30.7. The molecule has 6 heterocycles. The SMILES string of the molecule is C.C.C.C.CC(C)Cc1cccc(CC(C)C)c1C1=CN2c3ccccc3C3C=CC=[C-]C3C2[N-]1.CC(C)c1cc(-c2ccccc2)cc(C(C)C)c1-n1ccnc1-c1[c-]cccc1.CC(C)c1cc(-c2ccccc2)cc(C(C)C)c1-n1ccnc1-c1[c-]cccc1.[C-]1=CC=CC2c3ccccc3N3C=C[N-]C3C12.[Ir+3].[Ir+3]. The molecule has 11 aromatic rings. The van der Waals surface area contributed by atoms with Crippen LogP contribution in [-0.2, 0) is 53.1 Å². The molecule has 0 fully saturated rings. The van der Waals surface area contributed by atoms with Crippen LogP contribution in [0.25, 0.3) is 72.7 Å². The second kappa shape index (κ2) is 39.7. The third-order valence-corrected chi connectivity index (χ3v) is 21.0. The third-order valence-electron chi connectivity index (χ3n) is 21.0. The van der Waals surface area contributed by atoms with E-state index in [1.54, 1.807) is 0 Å². The number of rotatable bonds is 15. The van der Waals surface area contributed by atoms with Gasteiger partial charge in [0.25, 0.3) is 0 Å². The van der Waals surface area contributed by atoms with Crippen LogP contribution in [0.1, 0.15) is 198 Å². The number of anilines is 2. The van der Waals surface area contributed by atoms with Gasteiger partial charge in [-0.05, 0) is 194 Å². The summed E-state index contributed by atoms with van der Waals surface area (Å²) in [5, 5.41) is 9.94. The van der Waals surface area contributed by atoms with Gasteiger partial charge in [0.2, 0.25) is 0 Å². The number of aromatic nitrogens is 4. The molecule has 0 radical (unpaired) electrons. The van der Waals surface area contributed by atoms with Crippen molar-refractivity contribution in [1.82, 2.24) is 19.1 Å². The summed E-state index contributed by atoms with van der Waals surface area (Å²) in [6.07, 6.45) is 36.6. The van der Waals surface area contributed by atoms with Gasteiger partial charge in [-0.3, -0.25) is 22.1 Å². The van der Waals surface area contributed by atoms with Gasteiger partial charge in [-0.15, -0.1) is 77.5 Å². The van der Waals surface area contributed by atoms with Crippen molar-refractivity contribution in [2.45, 2.75) is 173 Å². The average molecular weight is 1840 g/mol. The number of benzene rings is 9. The van der Waals surface area contributed by atoms with E-state index in [1.165, 1.54) is 95.1 Å². The summed E-state index contributed by atoms with van der Waals surface area (Å²) in [5.41, 5.74) is 25.6. The number of allylic oxidation sites excluding steroid dienone is 6. The average Bonchev–Trinajstić information content (AvgIpc) is 1.48. The molecule has 0 bridgehead atoms. The largest absolute Gasteiger partial charge is 3.00 e. The van der Waals surface area contributed by atoms with E-state index in [1.807, 2.05) is 61.1 Å². The summed E-state index contributed by atoms with van der Waals surface area (Å²) in [6, 6.07) is 77.7. The molecule has 6 unspecified atom stereocenters. The van der Waals surface area contributed by atoms with Crippen LogP contribution in [0, 0.1) is 48.0 Å². The molecule has 10 heteroatoms.